The predicted molar refractivity (Wildman–Crippen MR) is 98.1 cm³/mol. The van der Waals surface area contributed by atoms with E-state index in [1.165, 1.54) is 47.7 Å². The smallest absolute Gasteiger partial charge is 0.222 e. The Morgan fingerprint density at radius 3 is 2.88 bits per heavy atom. The molecule has 2 aromatic rings. The summed E-state index contributed by atoms with van der Waals surface area (Å²) in [6, 6.07) is 6.70. The monoisotopic (exact) mass is 324 g/mol. The Morgan fingerprint density at radius 1 is 1.25 bits per heavy atom. The minimum Gasteiger partial charge on any atom is -0.361 e. The largest absolute Gasteiger partial charge is 0.361 e. The van der Waals surface area contributed by atoms with Crippen LogP contribution in [0, 0.1) is 11.8 Å². The van der Waals surface area contributed by atoms with Gasteiger partial charge in [-0.2, -0.15) is 0 Å². The van der Waals surface area contributed by atoms with E-state index in [-0.39, 0.29) is 0 Å². The molecule has 1 aromatic heterocycles. The molecule has 2 aliphatic carbocycles. The summed E-state index contributed by atoms with van der Waals surface area (Å²) < 4.78 is 0. The van der Waals surface area contributed by atoms with E-state index in [4.69, 9.17) is 0 Å². The van der Waals surface area contributed by atoms with Crippen molar-refractivity contribution in [3.63, 3.8) is 0 Å². The summed E-state index contributed by atoms with van der Waals surface area (Å²) in [6.07, 6.45) is 7.81. The molecule has 1 heterocycles. The van der Waals surface area contributed by atoms with Crippen LogP contribution in [-0.2, 0) is 11.2 Å². The highest BCUT2D eigenvalue weighted by molar-refractivity contribution is 5.88. The van der Waals surface area contributed by atoms with Crippen molar-refractivity contribution < 1.29 is 4.79 Å². The first-order chi connectivity index (χ1) is 11.7. The summed E-state index contributed by atoms with van der Waals surface area (Å²) in [5.74, 6) is 2.30. The van der Waals surface area contributed by atoms with Gasteiger partial charge in [-0.05, 0) is 74.5 Å². The minimum atomic E-state index is 0.347. The number of carbonyl (C=O) groups is 1. The van der Waals surface area contributed by atoms with Gasteiger partial charge in [-0.1, -0.05) is 12.1 Å². The van der Waals surface area contributed by atoms with Gasteiger partial charge in [-0.15, -0.1) is 0 Å². The summed E-state index contributed by atoms with van der Waals surface area (Å²) in [5, 5.41) is 1.47. The van der Waals surface area contributed by atoms with Crippen molar-refractivity contribution in [2.75, 3.05) is 13.1 Å². The molecular formula is C21H28N2O. The fourth-order valence-corrected chi connectivity index (χ4v) is 5.12. The molecule has 24 heavy (non-hydrogen) atoms. The van der Waals surface area contributed by atoms with Crippen LogP contribution in [0.25, 0.3) is 10.9 Å². The normalized spacial score (nSPS) is 25.5. The number of amides is 1. The van der Waals surface area contributed by atoms with Crippen molar-refractivity contribution in [2.24, 2.45) is 11.8 Å². The van der Waals surface area contributed by atoms with E-state index in [2.05, 4.69) is 43.2 Å². The van der Waals surface area contributed by atoms with Crippen molar-refractivity contribution in [1.29, 1.82) is 0 Å². The lowest BCUT2D eigenvalue weighted by Gasteiger charge is -2.39. The highest BCUT2D eigenvalue weighted by Gasteiger charge is 2.37. The highest BCUT2D eigenvalue weighted by atomic mass is 16.2. The number of hydrogen-bond donors (Lipinski definition) is 1. The van der Waals surface area contributed by atoms with Crippen molar-refractivity contribution in [3.05, 3.63) is 35.5 Å². The first kappa shape index (κ1) is 15.7. The van der Waals surface area contributed by atoms with Crippen LogP contribution in [0.4, 0.5) is 0 Å². The second-order valence-electron chi connectivity index (χ2n) is 7.60. The number of H-pyrrole nitrogens is 1. The number of benzene rings is 1. The lowest BCUT2D eigenvalue weighted by molar-refractivity contribution is -0.132. The third-order valence-electron chi connectivity index (χ3n) is 6.38. The zero-order chi connectivity index (χ0) is 16.7. The van der Waals surface area contributed by atoms with E-state index >= 15 is 0 Å². The van der Waals surface area contributed by atoms with Gasteiger partial charge >= 0.3 is 0 Å². The van der Waals surface area contributed by atoms with E-state index in [0.29, 0.717) is 17.7 Å². The maximum atomic E-state index is 12.5. The number of fused-ring (bicyclic) bond motifs is 2. The molecular weight excluding hydrogens is 296 g/mol. The highest BCUT2D eigenvalue weighted by Crippen LogP contribution is 2.49. The standard InChI is InChI=1S/C21H28N2O/c1-3-23(4-2)20(24)11-14-8-9-15-12-16-13-22-19-7-5-6-17(21(16)19)18(15)10-14/h5-7,13-15,18,22H,3-4,8-12H2,1-2H3/t14-,15-,18+/m1/s1. The third-order valence-corrected chi connectivity index (χ3v) is 6.38. The number of rotatable bonds is 4. The molecule has 0 radical (unpaired) electrons. The van der Waals surface area contributed by atoms with Crippen molar-refractivity contribution >= 4 is 16.8 Å². The topological polar surface area (TPSA) is 36.1 Å². The van der Waals surface area contributed by atoms with Crippen molar-refractivity contribution in [3.8, 4) is 0 Å². The Morgan fingerprint density at radius 2 is 2.08 bits per heavy atom. The SMILES string of the molecule is CCN(CC)C(=O)C[C@@H]1CC[C@@H]2Cc3c[nH]c4cccc(c34)[C@H]2C1. The van der Waals surface area contributed by atoms with Crippen molar-refractivity contribution in [1.82, 2.24) is 9.88 Å². The number of nitrogens with one attached hydrogen (secondary N) is 1. The van der Waals surface area contributed by atoms with Crippen molar-refractivity contribution in [2.45, 2.75) is 51.9 Å². The minimum absolute atomic E-state index is 0.347. The van der Waals surface area contributed by atoms with Gasteiger partial charge in [0, 0.05) is 36.6 Å². The number of aromatic amines is 1. The van der Waals surface area contributed by atoms with Crippen LogP contribution in [-0.4, -0.2) is 28.9 Å². The van der Waals surface area contributed by atoms with Gasteiger partial charge in [0.15, 0.2) is 0 Å². The fraction of sp³-hybridized carbons (Fsp3) is 0.571. The van der Waals surface area contributed by atoms with Crippen LogP contribution < -0.4 is 0 Å². The maximum absolute atomic E-state index is 12.5. The molecule has 1 saturated carbocycles. The van der Waals surface area contributed by atoms with E-state index in [9.17, 15) is 4.79 Å². The second kappa shape index (κ2) is 6.27. The molecule has 3 atom stereocenters. The van der Waals surface area contributed by atoms with E-state index in [0.717, 1.165) is 25.4 Å². The quantitative estimate of drug-likeness (QED) is 0.884. The third kappa shape index (κ3) is 2.54. The van der Waals surface area contributed by atoms with Crippen LogP contribution >= 0.6 is 0 Å². The zero-order valence-corrected chi connectivity index (χ0v) is 14.8. The lowest BCUT2D eigenvalue weighted by Crippen LogP contribution is -2.34. The number of nitrogens with zero attached hydrogens (tertiary/aromatic N) is 1. The number of carbonyl (C=O) groups excluding carboxylic acids is 1. The van der Waals surface area contributed by atoms with Gasteiger partial charge in [-0.3, -0.25) is 4.79 Å². The maximum Gasteiger partial charge on any atom is 0.222 e. The fourth-order valence-electron chi connectivity index (χ4n) is 5.12. The Kier molecular flexibility index (Phi) is 4.11. The molecule has 128 valence electrons. The molecule has 1 N–H and O–H groups in total. The zero-order valence-electron chi connectivity index (χ0n) is 14.8. The molecule has 0 aliphatic heterocycles. The van der Waals surface area contributed by atoms with Gasteiger partial charge in [-0.25, -0.2) is 0 Å². The van der Waals surface area contributed by atoms with Gasteiger partial charge in [0.25, 0.3) is 0 Å². The van der Waals surface area contributed by atoms with Gasteiger partial charge in [0.1, 0.15) is 0 Å². The molecule has 3 heteroatoms. The predicted octanol–water partition coefficient (Wildman–Crippen LogP) is 4.48. The van der Waals surface area contributed by atoms with Gasteiger partial charge in [0.2, 0.25) is 5.91 Å². The molecule has 0 spiro atoms. The Hall–Kier alpha value is -1.77. The molecule has 1 fully saturated rings. The molecule has 0 bridgehead atoms. The van der Waals surface area contributed by atoms with Crippen LogP contribution in [0.5, 0.6) is 0 Å². The van der Waals surface area contributed by atoms with E-state index in [1.807, 2.05) is 4.90 Å². The van der Waals surface area contributed by atoms with Gasteiger partial charge < -0.3 is 9.88 Å². The Balaban J connectivity index is 1.55. The average Bonchev–Trinajstić information content (AvgIpc) is 3.01. The number of hydrogen-bond acceptors (Lipinski definition) is 1. The van der Waals surface area contributed by atoms with E-state index in [1.54, 1.807) is 0 Å². The van der Waals surface area contributed by atoms with Crippen LogP contribution in [0.1, 0.15) is 56.6 Å². The second-order valence-corrected chi connectivity index (χ2v) is 7.60. The molecule has 3 nitrogen and oxygen atoms in total. The molecule has 0 saturated heterocycles. The van der Waals surface area contributed by atoms with Crippen LogP contribution in [0.3, 0.4) is 0 Å². The first-order valence-electron chi connectivity index (χ1n) is 9.57. The molecule has 4 rings (SSSR count). The summed E-state index contributed by atoms with van der Waals surface area (Å²) in [5.41, 5.74) is 4.31. The average molecular weight is 324 g/mol. The first-order valence-corrected chi connectivity index (χ1v) is 9.57. The summed E-state index contributed by atoms with van der Waals surface area (Å²) in [6.45, 7) is 5.82. The summed E-state index contributed by atoms with van der Waals surface area (Å²) >= 11 is 0. The van der Waals surface area contributed by atoms with Gasteiger partial charge in [0.05, 0.1) is 0 Å². The number of aromatic nitrogens is 1. The Labute approximate surface area is 144 Å². The van der Waals surface area contributed by atoms with E-state index < -0.39 is 0 Å². The van der Waals surface area contributed by atoms with Crippen LogP contribution in [0.2, 0.25) is 0 Å². The molecule has 2 aliphatic rings. The Bertz CT molecular complexity index is 743. The summed E-state index contributed by atoms with van der Waals surface area (Å²) in [7, 11) is 0. The molecule has 1 aromatic carbocycles. The summed E-state index contributed by atoms with van der Waals surface area (Å²) in [4.78, 5) is 17.9. The molecule has 0 unspecified atom stereocenters. The van der Waals surface area contributed by atoms with Crippen LogP contribution in [0.15, 0.2) is 24.4 Å². The lowest BCUT2D eigenvalue weighted by atomic mass is 9.65. The molecule has 1 amide bonds.